The van der Waals surface area contributed by atoms with E-state index in [0.29, 0.717) is 5.69 Å². The number of ketones is 1. The molecule has 0 aromatic heterocycles. The topological polar surface area (TPSA) is 66.4 Å². The Morgan fingerprint density at radius 3 is 2.57 bits per heavy atom. The van der Waals surface area contributed by atoms with Crippen LogP contribution in [0.25, 0.3) is 0 Å². The van der Waals surface area contributed by atoms with Gasteiger partial charge in [0.2, 0.25) is 0 Å². The van der Waals surface area contributed by atoms with Crippen LogP contribution in [-0.4, -0.2) is 16.8 Å². The van der Waals surface area contributed by atoms with Crippen molar-refractivity contribution in [2.45, 2.75) is 18.9 Å². The third-order valence-corrected chi connectivity index (χ3v) is 4.29. The van der Waals surface area contributed by atoms with E-state index in [9.17, 15) is 19.1 Å². The molecule has 23 heavy (non-hydrogen) atoms. The SMILES string of the molecule is Cc1ccc(Cl)c2c1NC(=O)[C@@]2(O)CC(=O)c1ccc(F)cc1. The van der Waals surface area contributed by atoms with E-state index in [1.54, 1.807) is 19.1 Å². The summed E-state index contributed by atoms with van der Waals surface area (Å²) in [5.74, 6) is -1.64. The minimum absolute atomic E-state index is 0.207. The minimum Gasteiger partial charge on any atom is -0.375 e. The van der Waals surface area contributed by atoms with Gasteiger partial charge in [-0.2, -0.15) is 0 Å². The summed E-state index contributed by atoms with van der Waals surface area (Å²) in [6.45, 7) is 1.77. The molecule has 118 valence electrons. The summed E-state index contributed by atoms with van der Waals surface area (Å²) in [6.07, 6.45) is -0.472. The van der Waals surface area contributed by atoms with Crippen molar-refractivity contribution in [2.24, 2.45) is 0 Å². The molecule has 1 aliphatic rings. The van der Waals surface area contributed by atoms with Crippen LogP contribution in [0.15, 0.2) is 36.4 Å². The molecule has 0 unspecified atom stereocenters. The maximum atomic E-state index is 12.9. The number of hydrogen-bond donors (Lipinski definition) is 2. The molecule has 0 radical (unpaired) electrons. The van der Waals surface area contributed by atoms with Gasteiger partial charge < -0.3 is 10.4 Å². The fraction of sp³-hybridized carbons (Fsp3) is 0.176. The number of Topliss-reactive ketones (excluding diaryl/α,β-unsaturated/α-hetero) is 1. The van der Waals surface area contributed by atoms with Crippen molar-refractivity contribution in [1.82, 2.24) is 0 Å². The molecule has 0 aliphatic carbocycles. The summed E-state index contributed by atoms with van der Waals surface area (Å²) in [7, 11) is 0. The number of aliphatic hydroxyl groups is 1. The highest BCUT2D eigenvalue weighted by Crippen LogP contribution is 2.44. The van der Waals surface area contributed by atoms with Crippen molar-refractivity contribution in [2.75, 3.05) is 5.32 Å². The van der Waals surface area contributed by atoms with Crippen molar-refractivity contribution < 1.29 is 19.1 Å². The number of benzene rings is 2. The summed E-state index contributed by atoms with van der Waals surface area (Å²) in [6, 6.07) is 8.21. The summed E-state index contributed by atoms with van der Waals surface area (Å²) in [5.41, 5.74) is -0.450. The minimum atomic E-state index is -2.04. The molecule has 1 heterocycles. The number of aryl methyl sites for hydroxylation is 1. The van der Waals surface area contributed by atoms with E-state index in [0.717, 1.165) is 17.7 Å². The fourth-order valence-corrected chi connectivity index (χ4v) is 3.03. The Balaban J connectivity index is 2.00. The monoisotopic (exact) mass is 333 g/mol. The van der Waals surface area contributed by atoms with Crippen LogP contribution in [0.5, 0.6) is 0 Å². The summed E-state index contributed by atoms with van der Waals surface area (Å²) < 4.78 is 12.9. The van der Waals surface area contributed by atoms with Gasteiger partial charge in [0.05, 0.1) is 12.1 Å². The first-order valence-corrected chi connectivity index (χ1v) is 7.33. The highest BCUT2D eigenvalue weighted by molar-refractivity contribution is 6.33. The first-order valence-electron chi connectivity index (χ1n) is 6.95. The molecule has 1 amide bonds. The molecule has 1 atom stereocenters. The van der Waals surface area contributed by atoms with Crippen LogP contribution in [0.4, 0.5) is 10.1 Å². The lowest BCUT2D eigenvalue weighted by molar-refractivity contribution is -0.133. The van der Waals surface area contributed by atoms with Crippen LogP contribution in [0, 0.1) is 12.7 Å². The third kappa shape index (κ3) is 2.52. The van der Waals surface area contributed by atoms with Crippen LogP contribution in [0.1, 0.15) is 27.9 Å². The average Bonchev–Trinajstić information content (AvgIpc) is 2.77. The van der Waals surface area contributed by atoms with Crippen molar-refractivity contribution >= 4 is 29.0 Å². The Hall–Kier alpha value is -2.24. The van der Waals surface area contributed by atoms with Crippen LogP contribution < -0.4 is 5.32 Å². The van der Waals surface area contributed by atoms with Crippen molar-refractivity contribution in [3.63, 3.8) is 0 Å². The first-order chi connectivity index (χ1) is 10.8. The second-order valence-corrected chi connectivity index (χ2v) is 5.94. The third-order valence-electron chi connectivity index (χ3n) is 3.97. The summed E-state index contributed by atoms with van der Waals surface area (Å²) in [4.78, 5) is 24.6. The Morgan fingerprint density at radius 1 is 1.26 bits per heavy atom. The number of amides is 1. The number of carbonyl (C=O) groups is 2. The zero-order valence-electron chi connectivity index (χ0n) is 12.2. The van der Waals surface area contributed by atoms with Gasteiger partial charge >= 0.3 is 0 Å². The molecule has 0 saturated carbocycles. The van der Waals surface area contributed by atoms with Crippen molar-refractivity contribution in [1.29, 1.82) is 0 Å². The second-order valence-electron chi connectivity index (χ2n) is 5.54. The van der Waals surface area contributed by atoms with Gasteiger partial charge in [0.25, 0.3) is 5.91 Å². The highest BCUT2D eigenvalue weighted by atomic mass is 35.5. The average molecular weight is 334 g/mol. The van der Waals surface area contributed by atoms with Crippen LogP contribution in [0.2, 0.25) is 5.02 Å². The molecule has 0 fully saturated rings. The molecular formula is C17H13ClFNO3. The van der Waals surface area contributed by atoms with Gasteiger partial charge in [-0.15, -0.1) is 0 Å². The Labute approximate surface area is 136 Å². The maximum Gasteiger partial charge on any atom is 0.261 e. The largest absolute Gasteiger partial charge is 0.375 e. The predicted molar refractivity (Wildman–Crippen MR) is 84.1 cm³/mol. The summed E-state index contributed by atoms with van der Waals surface area (Å²) >= 11 is 6.13. The number of hydrogen-bond acceptors (Lipinski definition) is 3. The molecule has 3 rings (SSSR count). The number of rotatable bonds is 3. The van der Waals surface area contributed by atoms with E-state index in [1.807, 2.05) is 0 Å². The number of carbonyl (C=O) groups excluding carboxylic acids is 2. The number of fused-ring (bicyclic) bond motifs is 1. The van der Waals surface area contributed by atoms with Gasteiger partial charge in [0.1, 0.15) is 5.82 Å². The summed E-state index contributed by atoms with van der Waals surface area (Å²) in [5, 5.41) is 13.6. The fourth-order valence-electron chi connectivity index (χ4n) is 2.72. The zero-order valence-corrected chi connectivity index (χ0v) is 12.9. The maximum absolute atomic E-state index is 12.9. The quantitative estimate of drug-likeness (QED) is 0.848. The second kappa shape index (κ2) is 5.44. The molecule has 2 aromatic rings. The van der Waals surface area contributed by atoms with Crippen molar-refractivity contribution in [3.05, 3.63) is 63.9 Å². The van der Waals surface area contributed by atoms with E-state index < -0.39 is 29.5 Å². The number of halogens is 2. The smallest absolute Gasteiger partial charge is 0.261 e. The van der Waals surface area contributed by atoms with Crippen LogP contribution in [0.3, 0.4) is 0 Å². The molecular weight excluding hydrogens is 321 g/mol. The lowest BCUT2D eigenvalue weighted by atomic mass is 9.87. The predicted octanol–water partition coefficient (Wildman–Crippen LogP) is 3.20. The highest BCUT2D eigenvalue weighted by Gasteiger charge is 2.48. The van der Waals surface area contributed by atoms with Gasteiger partial charge in [-0.1, -0.05) is 17.7 Å². The number of anilines is 1. The molecule has 0 bridgehead atoms. The standard InChI is InChI=1S/C17H13ClFNO3/c1-9-2-7-12(18)14-15(9)20-16(22)17(14,23)8-13(21)10-3-5-11(19)6-4-10/h2-7,23H,8H2,1H3,(H,20,22)/t17-/m1/s1. The molecule has 6 heteroatoms. The van der Waals surface area contributed by atoms with Gasteiger partial charge in [-0.25, -0.2) is 4.39 Å². The van der Waals surface area contributed by atoms with Gasteiger partial charge in [-0.05, 0) is 42.8 Å². The molecule has 4 nitrogen and oxygen atoms in total. The lowest BCUT2D eigenvalue weighted by Gasteiger charge is -2.21. The molecule has 2 aromatic carbocycles. The molecule has 2 N–H and O–H groups in total. The lowest BCUT2D eigenvalue weighted by Crippen LogP contribution is -2.36. The molecule has 1 aliphatic heterocycles. The van der Waals surface area contributed by atoms with Crippen LogP contribution in [-0.2, 0) is 10.4 Å². The van der Waals surface area contributed by atoms with E-state index in [4.69, 9.17) is 11.6 Å². The van der Waals surface area contributed by atoms with Gasteiger partial charge in [0, 0.05) is 16.1 Å². The van der Waals surface area contributed by atoms with Gasteiger partial charge in [0.15, 0.2) is 11.4 Å². The van der Waals surface area contributed by atoms with E-state index in [2.05, 4.69) is 5.32 Å². The van der Waals surface area contributed by atoms with E-state index in [1.165, 1.54) is 12.1 Å². The van der Waals surface area contributed by atoms with E-state index in [-0.39, 0.29) is 16.1 Å². The Morgan fingerprint density at radius 2 is 1.91 bits per heavy atom. The van der Waals surface area contributed by atoms with Gasteiger partial charge in [-0.3, -0.25) is 9.59 Å². The Bertz CT molecular complexity index is 819. The zero-order chi connectivity index (χ0) is 16.8. The Kier molecular flexibility index (Phi) is 3.70. The molecule has 0 spiro atoms. The normalized spacial score (nSPS) is 19.4. The van der Waals surface area contributed by atoms with Crippen LogP contribution >= 0.6 is 11.6 Å². The van der Waals surface area contributed by atoms with Crippen molar-refractivity contribution in [3.8, 4) is 0 Å². The first kappa shape index (κ1) is 15.6. The number of nitrogens with one attached hydrogen (secondary N) is 1. The molecule has 0 saturated heterocycles. The van der Waals surface area contributed by atoms with E-state index >= 15 is 0 Å².